The van der Waals surface area contributed by atoms with E-state index in [1.54, 1.807) is 0 Å². The third-order valence-electron chi connectivity index (χ3n) is 3.26. The summed E-state index contributed by atoms with van der Waals surface area (Å²) < 4.78 is 5.97. The molecule has 1 aliphatic rings. The summed E-state index contributed by atoms with van der Waals surface area (Å²) in [5, 5.41) is 9.90. The summed E-state index contributed by atoms with van der Waals surface area (Å²) in [4.78, 5) is 0. The second kappa shape index (κ2) is 5.35. The van der Waals surface area contributed by atoms with Crippen molar-refractivity contribution >= 4 is 0 Å². The molecule has 1 atom stereocenters. The fourth-order valence-electron chi connectivity index (χ4n) is 2.27. The van der Waals surface area contributed by atoms with Crippen molar-refractivity contribution in [1.29, 1.82) is 0 Å². The fourth-order valence-corrected chi connectivity index (χ4v) is 2.27. The first-order valence-electron chi connectivity index (χ1n) is 6.25. The maximum Gasteiger partial charge on any atom is 0.125 e. The Morgan fingerprint density at radius 3 is 2.69 bits per heavy atom. The molecule has 0 bridgehead atoms. The second-order valence-corrected chi connectivity index (χ2v) is 4.49. The van der Waals surface area contributed by atoms with Crippen LogP contribution in [0.5, 0.6) is 5.75 Å². The first kappa shape index (κ1) is 11.5. The molecule has 16 heavy (non-hydrogen) atoms. The predicted molar refractivity (Wildman–Crippen MR) is 64.6 cm³/mol. The van der Waals surface area contributed by atoms with Gasteiger partial charge in [0.15, 0.2) is 0 Å². The molecule has 0 aliphatic heterocycles. The minimum atomic E-state index is -0.405. The highest BCUT2D eigenvalue weighted by Gasteiger charge is 2.19. The highest BCUT2D eigenvalue weighted by Crippen LogP contribution is 2.30. The smallest absolute Gasteiger partial charge is 0.125 e. The van der Waals surface area contributed by atoms with Gasteiger partial charge in [-0.3, -0.25) is 0 Å². The third kappa shape index (κ3) is 2.56. The molecule has 0 amide bonds. The lowest BCUT2D eigenvalue weighted by Crippen LogP contribution is -2.13. The Bertz CT molecular complexity index is 329. The number of aliphatic hydroxyl groups excluding tert-OH is 1. The standard InChI is InChI=1S/C14H20O2/c1-2-13(15)12-9-5-6-10-14(12)16-11-7-3-4-8-11/h5-6,9-11,13,15H,2-4,7-8H2,1H3. The maximum absolute atomic E-state index is 9.90. The van der Waals surface area contributed by atoms with E-state index in [9.17, 15) is 5.11 Å². The van der Waals surface area contributed by atoms with Crippen LogP contribution >= 0.6 is 0 Å². The van der Waals surface area contributed by atoms with Crippen LogP contribution in [0.4, 0.5) is 0 Å². The van der Waals surface area contributed by atoms with Crippen LogP contribution in [0.25, 0.3) is 0 Å². The quantitative estimate of drug-likeness (QED) is 0.842. The Kier molecular flexibility index (Phi) is 3.83. The van der Waals surface area contributed by atoms with Gasteiger partial charge in [-0.1, -0.05) is 25.1 Å². The van der Waals surface area contributed by atoms with Crippen LogP contribution in [-0.2, 0) is 0 Å². The Morgan fingerprint density at radius 1 is 1.31 bits per heavy atom. The minimum Gasteiger partial charge on any atom is -0.490 e. The highest BCUT2D eigenvalue weighted by molar-refractivity contribution is 5.35. The SMILES string of the molecule is CCC(O)c1ccccc1OC1CCCC1. The van der Waals surface area contributed by atoms with E-state index in [1.165, 1.54) is 12.8 Å². The van der Waals surface area contributed by atoms with Gasteiger partial charge in [-0.2, -0.15) is 0 Å². The van der Waals surface area contributed by atoms with Crippen molar-refractivity contribution in [3.63, 3.8) is 0 Å². The highest BCUT2D eigenvalue weighted by atomic mass is 16.5. The molecule has 1 saturated carbocycles. The molecule has 2 rings (SSSR count). The van der Waals surface area contributed by atoms with Crippen molar-refractivity contribution in [2.45, 2.75) is 51.2 Å². The average molecular weight is 220 g/mol. The van der Waals surface area contributed by atoms with E-state index >= 15 is 0 Å². The van der Waals surface area contributed by atoms with Gasteiger partial charge in [0, 0.05) is 5.56 Å². The molecule has 1 N–H and O–H groups in total. The van der Waals surface area contributed by atoms with Crippen molar-refractivity contribution in [3.05, 3.63) is 29.8 Å². The average Bonchev–Trinajstić information content (AvgIpc) is 2.82. The number of ether oxygens (including phenoxy) is 1. The molecule has 1 unspecified atom stereocenters. The van der Waals surface area contributed by atoms with E-state index in [-0.39, 0.29) is 0 Å². The van der Waals surface area contributed by atoms with Gasteiger partial charge in [-0.05, 0) is 38.2 Å². The Hall–Kier alpha value is -1.02. The zero-order valence-electron chi connectivity index (χ0n) is 9.86. The Labute approximate surface area is 97.3 Å². The molecular formula is C14H20O2. The molecule has 2 nitrogen and oxygen atoms in total. The molecule has 0 radical (unpaired) electrons. The topological polar surface area (TPSA) is 29.5 Å². The van der Waals surface area contributed by atoms with Crippen LogP contribution in [0.3, 0.4) is 0 Å². The molecule has 1 fully saturated rings. The van der Waals surface area contributed by atoms with Crippen LogP contribution in [0.2, 0.25) is 0 Å². The molecular weight excluding hydrogens is 200 g/mol. The first-order valence-corrected chi connectivity index (χ1v) is 6.25. The summed E-state index contributed by atoms with van der Waals surface area (Å²) in [6.07, 6.45) is 5.51. The summed E-state index contributed by atoms with van der Waals surface area (Å²) in [7, 11) is 0. The van der Waals surface area contributed by atoms with E-state index in [1.807, 2.05) is 31.2 Å². The third-order valence-corrected chi connectivity index (χ3v) is 3.26. The van der Waals surface area contributed by atoms with Gasteiger partial charge in [0.2, 0.25) is 0 Å². The summed E-state index contributed by atoms with van der Waals surface area (Å²) >= 11 is 0. The molecule has 0 aromatic heterocycles. The zero-order chi connectivity index (χ0) is 11.4. The summed E-state index contributed by atoms with van der Waals surface area (Å²) in [6.45, 7) is 1.98. The number of hydrogen-bond donors (Lipinski definition) is 1. The van der Waals surface area contributed by atoms with Gasteiger partial charge in [0.25, 0.3) is 0 Å². The van der Waals surface area contributed by atoms with Crippen molar-refractivity contribution in [2.75, 3.05) is 0 Å². The number of benzene rings is 1. The predicted octanol–water partition coefficient (Wildman–Crippen LogP) is 3.45. The van der Waals surface area contributed by atoms with E-state index in [4.69, 9.17) is 4.74 Å². The number of para-hydroxylation sites is 1. The maximum atomic E-state index is 9.90. The number of hydrogen-bond acceptors (Lipinski definition) is 2. The monoisotopic (exact) mass is 220 g/mol. The Morgan fingerprint density at radius 2 is 2.00 bits per heavy atom. The summed E-state index contributed by atoms with van der Waals surface area (Å²) in [5.74, 6) is 0.865. The molecule has 1 aliphatic carbocycles. The summed E-state index contributed by atoms with van der Waals surface area (Å²) in [5.41, 5.74) is 0.928. The van der Waals surface area contributed by atoms with Gasteiger partial charge < -0.3 is 9.84 Å². The Balaban J connectivity index is 2.12. The van der Waals surface area contributed by atoms with Crippen molar-refractivity contribution in [1.82, 2.24) is 0 Å². The van der Waals surface area contributed by atoms with Crippen LogP contribution in [0.15, 0.2) is 24.3 Å². The van der Waals surface area contributed by atoms with Gasteiger partial charge in [0.1, 0.15) is 5.75 Å². The fraction of sp³-hybridized carbons (Fsp3) is 0.571. The van der Waals surface area contributed by atoms with E-state index < -0.39 is 6.10 Å². The van der Waals surface area contributed by atoms with Crippen LogP contribution in [-0.4, -0.2) is 11.2 Å². The molecule has 2 heteroatoms. The van der Waals surface area contributed by atoms with E-state index in [0.717, 1.165) is 30.6 Å². The van der Waals surface area contributed by atoms with Crippen LogP contribution in [0, 0.1) is 0 Å². The normalized spacial score (nSPS) is 18.6. The largest absolute Gasteiger partial charge is 0.490 e. The van der Waals surface area contributed by atoms with Gasteiger partial charge in [0.05, 0.1) is 12.2 Å². The summed E-state index contributed by atoms with van der Waals surface area (Å²) in [6, 6.07) is 7.84. The van der Waals surface area contributed by atoms with Crippen molar-refractivity contribution < 1.29 is 9.84 Å². The van der Waals surface area contributed by atoms with Gasteiger partial charge in [-0.25, -0.2) is 0 Å². The van der Waals surface area contributed by atoms with Crippen molar-refractivity contribution in [2.24, 2.45) is 0 Å². The van der Waals surface area contributed by atoms with E-state index in [2.05, 4.69) is 0 Å². The van der Waals surface area contributed by atoms with E-state index in [0.29, 0.717) is 6.10 Å². The molecule has 0 saturated heterocycles. The molecule has 1 aromatic carbocycles. The minimum absolute atomic E-state index is 0.352. The first-order chi connectivity index (χ1) is 7.81. The molecule has 88 valence electrons. The second-order valence-electron chi connectivity index (χ2n) is 4.49. The van der Waals surface area contributed by atoms with Gasteiger partial charge >= 0.3 is 0 Å². The lowest BCUT2D eigenvalue weighted by molar-refractivity contribution is 0.157. The lowest BCUT2D eigenvalue weighted by atomic mass is 10.1. The molecule has 1 aromatic rings. The molecule has 0 heterocycles. The zero-order valence-corrected chi connectivity index (χ0v) is 9.86. The number of aliphatic hydroxyl groups is 1. The van der Waals surface area contributed by atoms with Gasteiger partial charge in [-0.15, -0.1) is 0 Å². The lowest BCUT2D eigenvalue weighted by Gasteiger charge is -2.18. The van der Waals surface area contributed by atoms with Crippen LogP contribution in [0.1, 0.15) is 50.7 Å². The van der Waals surface area contributed by atoms with Crippen molar-refractivity contribution in [3.8, 4) is 5.75 Å². The number of rotatable bonds is 4. The molecule has 0 spiro atoms. The van der Waals surface area contributed by atoms with Crippen LogP contribution < -0.4 is 4.74 Å².